The fourth-order valence-electron chi connectivity index (χ4n) is 1.65. The third-order valence-electron chi connectivity index (χ3n) is 2.51. The highest BCUT2D eigenvalue weighted by Gasteiger charge is 2.14. The summed E-state index contributed by atoms with van der Waals surface area (Å²) in [6, 6.07) is 8.32. The number of morpholine rings is 1. The van der Waals surface area contributed by atoms with Crippen LogP contribution in [0.1, 0.15) is 17.2 Å². The summed E-state index contributed by atoms with van der Waals surface area (Å²) >= 11 is 0. The van der Waals surface area contributed by atoms with Crippen LogP contribution < -0.4 is 11.1 Å². The third kappa shape index (κ3) is 2.12. The van der Waals surface area contributed by atoms with Crippen LogP contribution >= 0.6 is 0 Å². The molecule has 1 aliphatic rings. The smallest absolute Gasteiger partial charge is 0.0949 e. The Balaban J connectivity index is 2.07. The Hall–Kier alpha value is -0.900. The van der Waals surface area contributed by atoms with Crippen LogP contribution in [-0.4, -0.2) is 19.7 Å². The normalized spacial score (nSPS) is 22.2. The maximum atomic E-state index is 5.64. The SMILES string of the molecule is NCc1ccc(C2CNCCO2)cc1. The second-order valence-electron chi connectivity index (χ2n) is 3.51. The van der Waals surface area contributed by atoms with Crippen molar-refractivity contribution in [2.24, 2.45) is 5.73 Å². The van der Waals surface area contributed by atoms with Crippen molar-refractivity contribution in [1.82, 2.24) is 5.32 Å². The Morgan fingerprint density at radius 2 is 2.14 bits per heavy atom. The quantitative estimate of drug-likeness (QED) is 0.729. The first kappa shape index (κ1) is 9.65. The molecule has 1 aromatic rings. The van der Waals surface area contributed by atoms with E-state index in [1.54, 1.807) is 0 Å². The second kappa shape index (κ2) is 4.55. The zero-order valence-corrected chi connectivity index (χ0v) is 8.20. The van der Waals surface area contributed by atoms with Crippen LogP contribution in [0.3, 0.4) is 0 Å². The zero-order valence-electron chi connectivity index (χ0n) is 8.20. The fourth-order valence-corrected chi connectivity index (χ4v) is 1.65. The highest BCUT2D eigenvalue weighted by molar-refractivity contribution is 5.24. The highest BCUT2D eigenvalue weighted by Crippen LogP contribution is 2.18. The van der Waals surface area contributed by atoms with Crippen molar-refractivity contribution in [3.8, 4) is 0 Å². The molecule has 0 aromatic heterocycles. The molecular weight excluding hydrogens is 176 g/mol. The molecule has 3 heteroatoms. The number of nitrogens with two attached hydrogens (primary N) is 1. The van der Waals surface area contributed by atoms with Crippen LogP contribution in [0.2, 0.25) is 0 Å². The molecule has 76 valence electrons. The van der Waals surface area contributed by atoms with Crippen LogP contribution in [-0.2, 0) is 11.3 Å². The van der Waals surface area contributed by atoms with Crippen molar-refractivity contribution >= 4 is 0 Å². The molecule has 0 spiro atoms. The number of nitrogens with one attached hydrogen (secondary N) is 1. The van der Waals surface area contributed by atoms with E-state index in [9.17, 15) is 0 Å². The summed E-state index contributed by atoms with van der Waals surface area (Å²) < 4.78 is 5.64. The maximum absolute atomic E-state index is 5.64. The van der Waals surface area contributed by atoms with E-state index < -0.39 is 0 Å². The minimum atomic E-state index is 0.204. The van der Waals surface area contributed by atoms with Crippen molar-refractivity contribution in [2.45, 2.75) is 12.6 Å². The molecule has 0 radical (unpaired) electrons. The minimum absolute atomic E-state index is 0.204. The van der Waals surface area contributed by atoms with Crippen molar-refractivity contribution < 1.29 is 4.74 Å². The average Bonchev–Trinajstić information content (AvgIpc) is 2.30. The molecule has 1 aromatic carbocycles. The molecule has 1 saturated heterocycles. The molecule has 1 heterocycles. The lowest BCUT2D eigenvalue weighted by molar-refractivity contribution is 0.0277. The van der Waals surface area contributed by atoms with Gasteiger partial charge in [0.2, 0.25) is 0 Å². The lowest BCUT2D eigenvalue weighted by Gasteiger charge is -2.24. The number of benzene rings is 1. The van der Waals surface area contributed by atoms with Gasteiger partial charge in [0.1, 0.15) is 0 Å². The topological polar surface area (TPSA) is 47.3 Å². The fraction of sp³-hybridized carbons (Fsp3) is 0.455. The molecule has 1 unspecified atom stereocenters. The molecule has 0 aliphatic carbocycles. The van der Waals surface area contributed by atoms with Crippen LogP contribution in [0.15, 0.2) is 24.3 Å². The standard InChI is InChI=1S/C11H16N2O/c12-7-9-1-3-10(4-2-9)11-8-13-5-6-14-11/h1-4,11,13H,5-8,12H2. The lowest BCUT2D eigenvalue weighted by Crippen LogP contribution is -2.33. The summed E-state index contributed by atoms with van der Waals surface area (Å²) in [6.45, 7) is 3.26. The Labute approximate surface area is 84.3 Å². The molecule has 3 nitrogen and oxygen atoms in total. The van der Waals surface area contributed by atoms with Gasteiger partial charge >= 0.3 is 0 Å². The second-order valence-corrected chi connectivity index (χ2v) is 3.51. The van der Waals surface area contributed by atoms with E-state index in [0.29, 0.717) is 6.54 Å². The average molecular weight is 192 g/mol. The van der Waals surface area contributed by atoms with Gasteiger partial charge in [-0.05, 0) is 11.1 Å². The van der Waals surface area contributed by atoms with Crippen LogP contribution in [0.4, 0.5) is 0 Å². The number of rotatable bonds is 2. The molecule has 2 rings (SSSR count). The zero-order chi connectivity index (χ0) is 9.80. The van der Waals surface area contributed by atoms with Crippen LogP contribution in [0, 0.1) is 0 Å². The number of ether oxygens (including phenoxy) is 1. The molecule has 3 N–H and O–H groups in total. The summed E-state index contributed by atoms with van der Waals surface area (Å²) in [7, 11) is 0. The first-order valence-corrected chi connectivity index (χ1v) is 5.01. The van der Waals surface area contributed by atoms with E-state index >= 15 is 0 Å². The predicted octanol–water partition coefficient (Wildman–Crippen LogP) is 0.806. The first-order valence-electron chi connectivity index (χ1n) is 5.01. The molecule has 1 fully saturated rings. The Kier molecular flexibility index (Phi) is 3.14. The summed E-state index contributed by atoms with van der Waals surface area (Å²) in [5.74, 6) is 0. The van der Waals surface area contributed by atoms with E-state index in [1.165, 1.54) is 5.56 Å². The third-order valence-corrected chi connectivity index (χ3v) is 2.51. The summed E-state index contributed by atoms with van der Waals surface area (Å²) in [6.07, 6.45) is 0.204. The van der Waals surface area contributed by atoms with Crippen molar-refractivity contribution in [2.75, 3.05) is 19.7 Å². The molecule has 0 amide bonds. The minimum Gasteiger partial charge on any atom is -0.371 e. The van der Waals surface area contributed by atoms with Gasteiger partial charge in [0.25, 0.3) is 0 Å². The van der Waals surface area contributed by atoms with Gasteiger partial charge in [-0.15, -0.1) is 0 Å². The molecule has 1 atom stereocenters. The Bertz CT molecular complexity index is 278. The molecular formula is C11H16N2O. The Morgan fingerprint density at radius 3 is 2.71 bits per heavy atom. The van der Waals surface area contributed by atoms with Gasteiger partial charge in [0.05, 0.1) is 12.7 Å². The summed E-state index contributed by atoms with van der Waals surface area (Å²) in [5.41, 5.74) is 7.93. The number of hydrogen-bond acceptors (Lipinski definition) is 3. The van der Waals surface area contributed by atoms with E-state index in [1.807, 2.05) is 0 Å². The molecule has 14 heavy (non-hydrogen) atoms. The lowest BCUT2D eigenvalue weighted by atomic mass is 10.1. The van der Waals surface area contributed by atoms with Gasteiger partial charge in [-0.3, -0.25) is 0 Å². The highest BCUT2D eigenvalue weighted by atomic mass is 16.5. The largest absolute Gasteiger partial charge is 0.371 e. The van der Waals surface area contributed by atoms with E-state index in [0.717, 1.165) is 25.3 Å². The summed E-state index contributed by atoms with van der Waals surface area (Å²) in [4.78, 5) is 0. The van der Waals surface area contributed by atoms with E-state index in [2.05, 4.69) is 29.6 Å². The molecule has 0 saturated carbocycles. The number of hydrogen-bond donors (Lipinski definition) is 2. The van der Waals surface area contributed by atoms with Crippen LogP contribution in [0.5, 0.6) is 0 Å². The van der Waals surface area contributed by atoms with Crippen molar-refractivity contribution in [3.05, 3.63) is 35.4 Å². The van der Waals surface area contributed by atoms with Crippen molar-refractivity contribution in [3.63, 3.8) is 0 Å². The van der Waals surface area contributed by atoms with Gasteiger partial charge in [-0.25, -0.2) is 0 Å². The van der Waals surface area contributed by atoms with E-state index in [-0.39, 0.29) is 6.10 Å². The van der Waals surface area contributed by atoms with Gasteiger partial charge in [0, 0.05) is 19.6 Å². The van der Waals surface area contributed by atoms with Crippen LogP contribution in [0.25, 0.3) is 0 Å². The predicted molar refractivity (Wildman–Crippen MR) is 55.9 cm³/mol. The first-order chi connectivity index (χ1) is 6.90. The maximum Gasteiger partial charge on any atom is 0.0949 e. The monoisotopic (exact) mass is 192 g/mol. The van der Waals surface area contributed by atoms with Crippen molar-refractivity contribution in [1.29, 1.82) is 0 Å². The van der Waals surface area contributed by atoms with Gasteiger partial charge in [-0.2, -0.15) is 0 Å². The summed E-state index contributed by atoms with van der Waals surface area (Å²) in [5, 5.41) is 3.31. The molecule has 1 aliphatic heterocycles. The molecule has 0 bridgehead atoms. The van der Waals surface area contributed by atoms with Gasteiger partial charge < -0.3 is 15.8 Å². The van der Waals surface area contributed by atoms with Gasteiger partial charge in [0.15, 0.2) is 0 Å². The Morgan fingerprint density at radius 1 is 1.36 bits per heavy atom. The van der Waals surface area contributed by atoms with E-state index in [4.69, 9.17) is 10.5 Å². The van der Waals surface area contributed by atoms with Gasteiger partial charge in [-0.1, -0.05) is 24.3 Å².